The van der Waals surface area contributed by atoms with Gasteiger partial charge < -0.3 is 15.0 Å². The molecule has 0 aromatic carbocycles. The molecule has 1 aromatic heterocycles. The Hall–Kier alpha value is -1.13. The Bertz CT molecular complexity index is 343. The Labute approximate surface area is 96.6 Å². The van der Waals surface area contributed by atoms with Gasteiger partial charge in [-0.15, -0.1) is 0 Å². The summed E-state index contributed by atoms with van der Waals surface area (Å²) in [6.45, 7) is 5.62. The number of pyridine rings is 1. The van der Waals surface area contributed by atoms with E-state index in [1.54, 1.807) is 0 Å². The van der Waals surface area contributed by atoms with Crippen LogP contribution in [0.25, 0.3) is 0 Å². The summed E-state index contributed by atoms with van der Waals surface area (Å²) >= 11 is 0. The molecule has 1 unspecified atom stereocenters. The molecule has 0 saturated carbocycles. The molecule has 1 N–H and O–H groups in total. The van der Waals surface area contributed by atoms with E-state index in [2.05, 4.69) is 28.2 Å². The Morgan fingerprint density at radius 3 is 3.25 bits per heavy atom. The van der Waals surface area contributed by atoms with E-state index >= 15 is 0 Å². The Morgan fingerprint density at radius 2 is 2.50 bits per heavy atom. The fourth-order valence-electron chi connectivity index (χ4n) is 2.10. The number of ether oxygens (including phenoxy) is 1. The van der Waals surface area contributed by atoms with Crippen molar-refractivity contribution in [3.8, 4) is 0 Å². The predicted octanol–water partition coefficient (Wildman–Crippen LogP) is 1.03. The summed E-state index contributed by atoms with van der Waals surface area (Å²) in [5, 5.41) is 3.19. The lowest BCUT2D eigenvalue weighted by Gasteiger charge is -2.36. The molecule has 1 aliphatic heterocycles. The van der Waals surface area contributed by atoms with E-state index in [4.69, 9.17) is 4.74 Å². The highest BCUT2D eigenvalue weighted by Gasteiger charge is 2.21. The van der Waals surface area contributed by atoms with Crippen molar-refractivity contribution in [1.29, 1.82) is 0 Å². The first-order valence-electron chi connectivity index (χ1n) is 5.75. The predicted molar refractivity (Wildman–Crippen MR) is 64.6 cm³/mol. The van der Waals surface area contributed by atoms with Crippen LogP contribution >= 0.6 is 0 Å². The quantitative estimate of drug-likeness (QED) is 0.827. The Balaban J connectivity index is 2.23. The van der Waals surface area contributed by atoms with E-state index in [1.807, 2.05) is 19.4 Å². The zero-order chi connectivity index (χ0) is 11.4. The molecule has 88 valence electrons. The van der Waals surface area contributed by atoms with E-state index in [-0.39, 0.29) is 0 Å². The summed E-state index contributed by atoms with van der Waals surface area (Å²) < 4.78 is 5.46. The standard InChI is InChI=1S/C12H19N3O/c1-10-9-16-6-5-15(10)12-8-14-4-3-11(12)7-13-2/h3-4,8,10,13H,5-7,9H2,1-2H3. The van der Waals surface area contributed by atoms with E-state index in [9.17, 15) is 0 Å². The summed E-state index contributed by atoms with van der Waals surface area (Å²) in [5.41, 5.74) is 2.53. The average Bonchev–Trinajstić information content (AvgIpc) is 2.31. The first-order chi connectivity index (χ1) is 7.83. The molecule has 4 nitrogen and oxygen atoms in total. The van der Waals surface area contributed by atoms with E-state index in [0.717, 1.165) is 26.3 Å². The third kappa shape index (κ3) is 2.33. The summed E-state index contributed by atoms with van der Waals surface area (Å²) in [6.07, 6.45) is 3.80. The second kappa shape index (κ2) is 5.27. The second-order valence-corrected chi connectivity index (χ2v) is 4.15. The molecule has 1 aromatic rings. The highest BCUT2D eigenvalue weighted by atomic mass is 16.5. The third-order valence-electron chi connectivity index (χ3n) is 2.93. The number of hydrogen-bond acceptors (Lipinski definition) is 4. The Kier molecular flexibility index (Phi) is 3.74. The average molecular weight is 221 g/mol. The normalized spacial score (nSPS) is 21.1. The van der Waals surface area contributed by atoms with Crippen molar-refractivity contribution in [2.45, 2.75) is 19.5 Å². The van der Waals surface area contributed by atoms with Gasteiger partial charge in [0.05, 0.1) is 25.1 Å². The summed E-state index contributed by atoms with van der Waals surface area (Å²) in [7, 11) is 1.97. The first-order valence-corrected chi connectivity index (χ1v) is 5.75. The van der Waals surface area contributed by atoms with E-state index < -0.39 is 0 Å². The van der Waals surface area contributed by atoms with Crippen molar-refractivity contribution < 1.29 is 4.74 Å². The fraction of sp³-hybridized carbons (Fsp3) is 0.583. The zero-order valence-electron chi connectivity index (χ0n) is 9.94. The lowest BCUT2D eigenvalue weighted by Crippen LogP contribution is -2.44. The van der Waals surface area contributed by atoms with Gasteiger partial charge >= 0.3 is 0 Å². The highest BCUT2D eigenvalue weighted by Crippen LogP contribution is 2.22. The van der Waals surface area contributed by atoms with Gasteiger partial charge in [0.15, 0.2) is 0 Å². The number of nitrogens with zero attached hydrogens (tertiary/aromatic N) is 2. The molecular formula is C12H19N3O. The van der Waals surface area contributed by atoms with Crippen molar-refractivity contribution in [1.82, 2.24) is 10.3 Å². The molecule has 16 heavy (non-hydrogen) atoms. The van der Waals surface area contributed by atoms with Crippen LogP contribution in [-0.2, 0) is 11.3 Å². The molecule has 1 fully saturated rings. The second-order valence-electron chi connectivity index (χ2n) is 4.15. The van der Waals surface area contributed by atoms with Crippen LogP contribution in [0.15, 0.2) is 18.5 Å². The van der Waals surface area contributed by atoms with Gasteiger partial charge in [0, 0.05) is 25.3 Å². The maximum atomic E-state index is 5.46. The first kappa shape index (κ1) is 11.4. The molecule has 0 amide bonds. The van der Waals surface area contributed by atoms with Gasteiger partial charge in [0.25, 0.3) is 0 Å². The van der Waals surface area contributed by atoms with Gasteiger partial charge in [-0.2, -0.15) is 0 Å². The van der Waals surface area contributed by atoms with Crippen molar-refractivity contribution in [3.63, 3.8) is 0 Å². The molecular weight excluding hydrogens is 202 g/mol. The van der Waals surface area contributed by atoms with Crippen molar-refractivity contribution in [2.75, 3.05) is 31.7 Å². The number of rotatable bonds is 3. The summed E-state index contributed by atoms with van der Waals surface area (Å²) in [4.78, 5) is 6.61. The molecule has 0 radical (unpaired) electrons. The Morgan fingerprint density at radius 1 is 1.62 bits per heavy atom. The third-order valence-corrected chi connectivity index (χ3v) is 2.93. The van der Waals surface area contributed by atoms with Gasteiger partial charge in [-0.1, -0.05) is 0 Å². The number of anilines is 1. The topological polar surface area (TPSA) is 37.4 Å². The summed E-state index contributed by atoms with van der Waals surface area (Å²) in [6, 6.07) is 2.50. The monoisotopic (exact) mass is 221 g/mol. The molecule has 0 spiro atoms. The van der Waals surface area contributed by atoms with Gasteiger partial charge in [-0.3, -0.25) is 4.98 Å². The van der Waals surface area contributed by atoms with E-state index in [0.29, 0.717) is 6.04 Å². The van der Waals surface area contributed by atoms with Gasteiger partial charge in [0.1, 0.15) is 0 Å². The molecule has 1 saturated heterocycles. The molecule has 2 heterocycles. The number of aromatic nitrogens is 1. The van der Waals surface area contributed by atoms with Crippen LogP contribution in [0.1, 0.15) is 12.5 Å². The van der Waals surface area contributed by atoms with Crippen molar-refractivity contribution >= 4 is 5.69 Å². The lowest BCUT2D eigenvalue weighted by atomic mass is 10.1. The largest absolute Gasteiger partial charge is 0.377 e. The van der Waals surface area contributed by atoms with Gasteiger partial charge in [-0.25, -0.2) is 0 Å². The minimum absolute atomic E-state index is 0.425. The fourth-order valence-corrected chi connectivity index (χ4v) is 2.10. The minimum Gasteiger partial charge on any atom is -0.377 e. The maximum absolute atomic E-state index is 5.46. The van der Waals surface area contributed by atoms with Gasteiger partial charge in [0.2, 0.25) is 0 Å². The number of morpholine rings is 1. The van der Waals surface area contributed by atoms with Crippen molar-refractivity contribution in [3.05, 3.63) is 24.0 Å². The molecule has 1 atom stereocenters. The van der Waals surface area contributed by atoms with Crippen LogP contribution in [0.4, 0.5) is 5.69 Å². The van der Waals surface area contributed by atoms with Crippen molar-refractivity contribution in [2.24, 2.45) is 0 Å². The number of nitrogens with one attached hydrogen (secondary N) is 1. The highest BCUT2D eigenvalue weighted by molar-refractivity contribution is 5.52. The molecule has 0 aliphatic carbocycles. The minimum atomic E-state index is 0.425. The van der Waals surface area contributed by atoms with Crippen LogP contribution in [0, 0.1) is 0 Å². The van der Waals surface area contributed by atoms with Crippen LogP contribution < -0.4 is 10.2 Å². The van der Waals surface area contributed by atoms with E-state index in [1.165, 1.54) is 11.3 Å². The molecule has 2 rings (SSSR count). The van der Waals surface area contributed by atoms with Crippen LogP contribution in [0.3, 0.4) is 0 Å². The lowest BCUT2D eigenvalue weighted by molar-refractivity contribution is 0.0988. The van der Waals surface area contributed by atoms with Crippen LogP contribution in [0.2, 0.25) is 0 Å². The molecule has 0 bridgehead atoms. The summed E-state index contributed by atoms with van der Waals surface area (Å²) in [5.74, 6) is 0. The molecule has 4 heteroatoms. The molecule has 1 aliphatic rings. The van der Waals surface area contributed by atoms with Crippen LogP contribution in [-0.4, -0.2) is 37.8 Å². The zero-order valence-corrected chi connectivity index (χ0v) is 9.94. The van der Waals surface area contributed by atoms with Crippen LogP contribution in [0.5, 0.6) is 0 Å². The maximum Gasteiger partial charge on any atom is 0.0668 e. The smallest absolute Gasteiger partial charge is 0.0668 e. The SMILES string of the molecule is CNCc1ccncc1N1CCOCC1C. The number of hydrogen-bond donors (Lipinski definition) is 1. The van der Waals surface area contributed by atoms with Gasteiger partial charge in [-0.05, 0) is 25.6 Å².